The van der Waals surface area contributed by atoms with Gasteiger partial charge in [0.15, 0.2) is 5.89 Å². The quantitative estimate of drug-likeness (QED) is 0.374. The summed E-state index contributed by atoms with van der Waals surface area (Å²) in [4.78, 5) is 24.7. The van der Waals surface area contributed by atoms with Crippen LogP contribution in [-0.2, 0) is 6.42 Å². The minimum Gasteiger partial charge on any atom is -0.445 e. The monoisotopic (exact) mass is 461 g/mol. The second kappa shape index (κ2) is 9.27. The van der Waals surface area contributed by atoms with Gasteiger partial charge >= 0.3 is 0 Å². The van der Waals surface area contributed by atoms with Crippen LogP contribution < -0.4 is 0 Å². The Morgan fingerprint density at radius 2 is 1.97 bits per heavy atom. The van der Waals surface area contributed by atoms with E-state index in [1.54, 1.807) is 31.3 Å². The lowest BCUT2D eigenvalue weighted by Gasteiger charge is -2.31. The number of hydrogen-bond acceptors (Lipinski definition) is 5. The first-order chi connectivity index (χ1) is 16.1. The molecule has 0 aliphatic carbocycles. The summed E-state index contributed by atoms with van der Waals surface area (Å²) in [6.07, 6.45) is 4.29. The molecule has 3 heterocycles. The molecule has 1 atom stereocenters. The molecule has 0 N–H and O–H groups in total. The van der Waals surface area contributed by atoms with E-state index in [0.717, 1.165) is 18.6 Å². The summed E-state index contributed by atoms with van der Waals surface area (Å²) in [6, 6.07) is 16.7. The Kier molecular flexibility index (Phi) is 6.05. The maximum absolute atomic E-state index is 14.2. The zero-order valence-electron chi connectivity index (χ0n) is 18.3. The van der Waals surface area contributed by atoms with E-state index in [4.69, 9.17) is 4.42 Å². The van der Waals surface area contributed by atoms with E-state index in [-0.39, 0.29) is 17.6 Å². The number of likely N-dealkylation sites (tertiary alicyclic amines) is 1. The van der Waals surface area contributed by atoms with E-state index in [2.05, 4.69) is 22.1 Å². The average molecular weight is 462 g/mol. The van der Waals surface area contributed by atoms with Crippen molar-refractivity contribution < 1.29 is 13.6 Å². The highest BCUT2D eigenvalue weighted by Gasteiger charge is 2.30. The second-order valence-electron chi connectivity index (χ2n) is 8.33. The van der Waals surface area contributed by atoms with Crippen LogP contribution in [0.2, 0.25) is 0 Å². The molecular formula is C26H24FN3O2S. The lowest BCUT2D eigenvalue weighted by molar-refractivity contribution is 0.0702. The number of aromatic nitrogens is 2. The highest BCUT2D eigenvalue weighted by molar-refractivity contribution is 7.17. The number of amides is 1. The van der Waals surface area contributed by atoms with Crippen molar-refractivity contribution in [2.75, 3.05) is 13.1 Å². The van der Waals surface area contributed by atoms with Gasteiger partial charge in [0.1, 0.15) is 21.5 Å². The molecule has 1 amide bonds. The van der Waals surface area contributed by atoms with E-state index in [1.807, 2.05) is 23.1 Å². The molecule has 1 aliphatic rings. The first kappa shape index (κ1) is 21.5. The van der Waals surface area contributed by atoms with Crippen LogP contribution in [0.25, 0.3) is 10.6 Å². The Labute approximate surface area is 195 Å². The Morgan fingerprint density at radius 3 is 2.79 bits per heavy atom. The number of rotatable bonds is 5. The van der Waals surface area contributed by atoms with Crippen molar-refractivity contribution in [2.24, 2.45) is 0 Å². The van der Waals surface area contributed by atoms with Crippen molar-refractivity contribution in [1.82, 2.24) is 14.9 Å². The number of benzene rings is 2. The normalized spacial score (nSPS) is 16.2. The van der Waals surface area contributed by atoms with Crippen molar-refractivity contribution in [3.05, 3.63) is 94.4 Å². The van der Waals surface area contributed by atoms with Crippen LogP contribution in [0.15, 0.2) is 65.2 Å². The van der Waals surface area contributed by atoms with Crippen LogP contribution in [0.3, 0.4) is 0 Å². The molecule has 168 valence electrons. The van der Waals surface area contributed by atoms with Gasteiger partial charge in [-0.15, -0.1) is 11.3 Å². The third kappa shape index (κ3) is 4.59. The molecule has 7 heteroatoms. The van der Waals surface area contributed by atoms with Gasteiger partial charge in [-0.05, 0) is 37.5 Å². The van der Waals surface area contributed by atoms with Crippen molar-refractivity contribution in [3.8, 4) is 10.6 Å². The lowest BCUT2D eigenvalue weighted by Crippen LogP contribution is -2.39. The lowest BCUT2D eigenvalue weighted by atomic mass is 9.98. The molecule has 0 radical (unpaired) electrons. The van der Waals surface area contributed by atoms with Crippen LogP contribution in [0.5, 0.6) is 0 Å². The Hall–Kier alpha value is -3.32. The van der Waals surface area contributed by atoms with Crippen LogP contribution in [0.4, 0.5) is 4.39 Å². The predicted octanol–water partition coefficient (Wildman–Crippen LogP) is 5.86. The van der Waals surface area contributed by atoms with Crippen LogP contribution in [-0.4, -0.2) is 33.9 Å². The Balaban J connectivity index is 1.30. The number of carbonyl (C=O) groups is 1. The van der Waals surface area contributed by atoms with Crippen molar-refractivity contribution >= 4 is 17.2 Å². The van der Waals surface area contributed by atoms with E-state index >= 15 is 0 Å². The number of halogens is 1. The van der Waals surface area contributed by atoms with E-state index < -0.39 is 0 Å². The zero-order chi connectivity index (χ0) is 22.8. The fraction of sp³-hybridized carbons (Fsp3) is 0.269. The van der Waals surface area contributed by atoms with Gasteiger partial charge in [0, 0.05) is 25.1 Å². The molecule has 1 fully saturated rings. The second-order valence-corrected chi connectivity index (χ2v) is 9.33. The van der Waals surface area contributed by atoms with Crippen LogP contribution >= 0.6 is 11.3 Å². The smallest absolute Gasteiger partial charge is 0.265 e. The summed E-state index contributed by atoms with van der Waals surface area (Å²) in [6.45, 7) is 3.04. The molecule has 1 saturated heterocycles. The van der Waals surface area contributed by atoms with Gasteiger partial charge in [-0.3, -0.25) is 4.79 Å². The molecule has 2 aromatic heterocycles. The number of thiazole rings is 1. The number of oxazole rings is 1. The molecule has 0 spiro atoms. The van der Waals surface area contributed by atoms with Crippen molar-refractivity contribution in [3.63, 3.8) is 0 Å². The summed E-state index contributed by atoms with van der Waals surface area (Å²) in [5.74, 6) is 1.18. The number of piperidine rings is 1. The van der Waals surface area contributed by atoms with Gasteiger partial charge in [-0.25, -0.2) is 14.4 Å². The topological polar surface area (TPSA) is 59.2 Å². The molecule has 5 rings (SSSR count). The Morgan fingerprint density at radius 1 is 1.18 bits per heavy atom. The van der Waals surface area contributed by atoms with Gasteiger partial charge < -0.3 is 9.32 Å². The molecule has 0 saturated carbocycles. The van der Waals surface area contributed by atoms with Crippen LogP contribution in [0, 0.1) is 12.7 Å². The largest absolute Gasteiger partial charge is 0.445 e. The Bertz CT molecular complexity index is 1270. The maximum atomic E-state index is 14.2. The fourth-order valence-corrected chi connectivity index (χ4v) is 5.30. The first-order valence-electron chi connectivity index (χ1n) is 11.1. The fourth-order valence-electron chi connectivity index (χ4n) is 4.24. The SMILES string of the molecule is Cc1nc(-c2ccccc2F)sc1C(=O)N1CCC[C@@H](c2ncc(Cc3ccccc3)o2)C1. The highest BCUT2D eigenvalue weighted by atomic mass is 32.1. The summed E-state index contributed by atoms with van der Waals surface area (Å²) in [5, 5.41) is 0.528. The van der Waals surface area contributed by atoms with Gasteiger partial charge in [0.05, 0.1) is 17.8 Å². The van der Waals surface area contributed by atoms with E-state index in [0.29, 0.717) is 46.5 Å². The van der Waals surface area contributed by atoms with Crippen molar-refractivity contribution in [2.45, 2.75) is 32.1 Å². The maximum Gasteiger partial charge on any atom is 0.265 e. The minimum atomic E-state index is -0.335. The number of aryl methyl sites for hydroxylation is 1. The molecule has 2 aromatic carbocycles. The average Bonchev–Trinajstić information content (AvgIpc) is 3.46. The molecular weight excluding hydrogens is 437 g/mol. The minimum absolute atomic E-state index is 0.0616. The van der Waals surface area contributed by atoms with E-state index in [9.17, 15) is 9.18 Å². The number of nitrogens with zero attached hydrogens (tertiary/aromatic N) is 3. The van der Waals surface area contributed by atoms with E-state index in [1.165, 1.54) is 23.0 Å². The third-order valence-corrected chi connectivity index (χ3v) is 7.12. The summed E-state index contributed by atoms with van der Waals surface area (Å²) >= 11 is 1.25. The van der Waals surface area contributed by atoms with Gasteiger partial charge in [0.2, 0.25) is 0 Å². The molecule has 0 unspecified atom stereocenters. The number of hydrogen-bond donors (Lipinski definition) is 0. The van der Waals surface area contributed by atoms with Crippen LogP contribution in [0.1, 0.15) is 51.3 Å². The molecule has 4 aromatic rings. The standard InChI is InChI=1S/C26H24FN3O2S/c1-17-23(33-25(29-17)21-11-5-6-12-22(21)27)26(31)30-13-7-10-19(16-30)24-28-15-20(32-24)14-18-8-3-2-4-9-18/h2-6,8-9,11-12,15,19H,7,10,13-14,16H2,1H3/t19-/m1/s1. The van der Waals surface area contributed by atoms with Gasteiger partial charge in [-0.2, -0.15) is 0 Å². The summed E-state index contributed by atoms with van der Waals surface area (Å²) in [5.41, 5.74) is 2.23. The zero-order valence-corrected chi connectivity index (χ0v) is 19.1. The molecule has 5 nitrogen and oxygen atoms in total. The third-order valence-electron chi connectivity index (χ3n) is 5.95. The molecule has 33 heavy (non-hydrogen) atoms. The predicted molar refractivity (Wildman–Crippen MR) is 126 cm³/mol. The summed E-state index contributed by atoms with van der Waals surface area (Å²) in [7, 11) is 0. The summed E-state index contributed by atoms with van der Waals surface area (Å²) < 4.78 is 20.3. The first-order valence-corrected chi connectivity index (χ1v) is 11.9. The van der Waals surface area contributed by atoms with Crippen molar-refractivity contribution in [1.29, 1.82) is 0 Å². The number of carbonyl (C=O) groups excluding carboxylic acids is 1. The highest BCUT2D eigenvalue weighted by Crippen LogP contribution is 2.33. The van der Waals surface area contributed by atoms with Gasteiger partial charge in [-0.1, -0.05) is 42.5 Å². The van der Waals surface area contributed by atoms with Gasteiger partial charge in [0.25, 0.3) is 5.91 Å². The molecule has 0 bridgehead atoms. The molecule has 1 aliphatic heterocycles.